The highest BCUT2D eigenvalue weighted by atomic mass is 16.6. The van der Waals surface area contributed by atoms with Gasteiger partial charge in [-0.3, -0.25) is 0 Å². The van der Waals surface area contributed by atoms with E-state index in [-0.39, 0.29) is 12.2 Å². The Morgan fingerprint density at radius 1 is 1.22 bits per heavy atom. The lowest BCUT2D eigenvalue weighted by molar-refractivity contribution is -0.152. The summed E-state index contributed by atoms with van der Waals surface area (Å²) in [4.78, 5) is 24.4. The minimum absolute atomic E-state index is 0.00767. The Labute approximate surface area is 161 Å². The highest BCUT2D eigenvalue weighted by Crippen LogP contribution is 2.20. The Balaban J connectivity index is 1.90. The van der Waals surface area contributed by atoms with Gasteiger partial charge >= 0.3 is 12.1 Å². The number of carbonyl (C=O) groups excluding carboxylic acids is 2. The summed E-state index contributed by atoms with van der Waals surface area (Å²) in [5.74, 6) is -0.419. The lowest BCUT2D eigenvalue weighted by atomic mass is 10.0. The number of ether oxygens (including phenoxy) is 3. The van der Waals surface area contributed by atoms with Gasteiger partial charge in [-0.15, -0.1) is 0 Å². The molecule has 1 heterocycles. The second kappa shape index (κ2) is 9.74. The molecular weight excluding hydrogens is 346 g/mol. The number of hydrogen-bond acceptors (Lipinski definition) is 5. The zero-order valence-electron chi connectivity index (χ0n) is 16.7. The number of rotatable bonds is 4. The number of cyclic esters (lactones) is 1. The maximum absolute atomic E-state index is 12.4. The molecule has 1 amide bonds. The third-order valence-electron chi connectivity index (χ3n) is 4.24. The summed E-state index contributed by atoms with van der Waals surface area (Å²) in [5, 5.41) is 2.64. The van der Waals surface area contributed by atoms with Crippen LogP contribution in [0.4, 0.5) is 4.79 Å². The Bertz CT molecular complexity index is 611. The number of alkyl carbamates (subject to hydrolysis) is 1. The summed E-state index contributed by atoms with van der Waals surface area (Å²) in [6.45, 7) is 7.73. The van der Waals surface area contributed by atoms with Crippen LogP contribution in [0.3, 0.4) is 0 Å². The van der Waals surface area contributed by atoms with E-state index in [0.717, 1.165) is 18.4 Å². The highest BCUT2D eigenvalue weighted by Gasteiger charge is 2.29. The highest BCUT2D eigenvalue weighted by molar-refractivity contribution is 5.81. The van der Waals surface area contributed by atoms with Crippen LogP contribution in [-0.2, 0) is 25.6 Å². The van der Waals surface area contributed by atoms with Crippen molar-refractivity contribution >= 4 is 12.1 Å². The van der Waals surface area contributed by atoms with Crippen LogP contribution in [0.5, 0.6) is 0 Å². The van der Waals surface area contributed by atoms with E-state index < -0.39 is 23.7 Å². The minimum atomic E-state index is -0.699. The fourth-order valence-electron chi connectivity index (χ4n) is 3.00. The van der Waals surface area contributed by atoms with Crippen LogP contribution in [0.2, 0.25) is 0 Å². The van der Waals surface area contributed by atoms with Crippen molar-refractivity contribution in [2.24, 2.45) is 0 Å². The largest absolute Gasteiger partial charge is 0.461 e. The van der Waals surface area contributed by atoms with Crippen molar-refractivity contribution in [1.29, 1.82) is 0 Å². The average molecular weight is 377 g/mol. The maximum atomic E-state index is 12.4. The molecule has 2 unspecified atom stereocenters. The van der Waals surface area contributed by atoms with Gasteiger partial charge in [0, 0.05) is 6.42 Å². The Morgan fingerprint density at radius 2 is 1.93 bits per heavy atom. The van der Waals surface area contributed by atoms with Crippen molar-refractivity contribution < 1.29 is 23.8 Å². The molecular formula is C21H31NO5. The number of carbonyl (C=O) groups is 2. The Hall–Kier alpha value is -2.08. The molecule has 0 bridgehead atoms. The molecule has 27 heavy (non-hydrogen) atoms. The van der Waals surface area contributed by atoms with Gasteiger partial charge in [-0.25, -0.2) is 9.59 Å². The molecule has 0 aliphatic carbocycles. The van der Waals surface area contributed by atoms with E-state index in [2.05, 4.69) is 5.32 Å². The molecule has 0 spiro atoms. The summed E-state index contributed by atoms with van der Waals surface area (Å²) < 4.78 is 16.8. The van der Waals surface area contributed by atoms with Gasteiger partial charge in [0.1, 0.15) is 17.7 Å². The number of amides is 1. The summed E-state index contributed by atoms with van der Waals surface area (Å²) in [6.07, 6.45) is 1.82. The molecule has 6 nitrogen and oxygen atoms in total. The van der Waals surface area contributed by atoms with Crippen LogP contribution < -0.4 is 5.32 Å². The molecule has 0 aromatic heterocycles. The van der Waals surface area contributed by atoms with Crippen LogP contribution in [0.1, 0.15) is 58.9 Å². The van der Waals surface area contributed by atoms with Crippen LogP contribution in [0.25, 0.3) is 0 Å². The van der Waals surface area contributed by atoms with E-state index in [4.69, 9.17) is 14.2 Å². The zero-order chi connectivity index (χ0) is 19.9. The van der Waals surface area contributed by atoms with Gasteiger partial charge in [-0.2, -0.15) is 0 Å². The molecule has 1 aliphatic rings. The first kappa shape index (κ1) is 21.2. The van der Waals surface area contributed by atoms with Crippen LogP contribution >= 0.6 is 0 Å². The van der Waals surface area contributed by atoms with E-state index >= 15 is 0 Å². The molecule has 2 rings (SSSR count). The SMILES string of the molecule is CC1CC(OCc2ccccc2)CCC[C@H](NC(=O)OC(C)(C)C)C(=O)O1. The molecule has 1 saturated heterocycles. The maximum Gasteiger partial charge on any atom is 0.408 e. The number of benzene rings is 1. The summed E-state index contributed by atoms with van der Waals surface area (Å²) in [7, 11) is 0. The smallest absolute Gasteiger partial charge is 0.408 e. The molecule has 3 atom stereocenters. The average Bonchev–Trinajstić information content (AvgIpc) is 2.63. The van der Waals surface area contributed by atoms with Gasteiger partial charge in [-0.1, -0.05) is 30.3 Å². The first-order chi connectivity index (χ1) is 12.7. The number of nitrogens with one attached hydrogen (secondary N) is 1. The Morgan fingerprint density at radius 3 is 2.59 bits per heavy atom. The van der Waals surface area contributed by atoms with Gasteiger partial charge < -0.3 is 19.5 Å². The van der Waals surface area contributed by atoms with E-state index in [1.165, 1.54) is 0 Å². The Kier molecular flexibility index (Phi) is 7.66. The lowest BCUT2D eigenvalue weighted by Gasteiger charge is -2.23. The predicted octanol–water partition coefficient (Wildman–Crippen LogP) is 3.97. The second-order valence-electron chi connectivity index (χ2n) is 8.03. The standard InChI is InChI=1S/C21H31NO5/c1-15-13-17(25-14-16-9-6-5-7-10-16)11-8-12-18(19(23)26-15)22-20(24)27-21(2,3)4/h5-7,9-10,15,17-18H,8,11-14H2,1-4H3,(H,22,24)/t15?,17?,18-/m0/s1. The van der Waals surface area contributed by atoms with Crippen LogP contribution in [0.15, 0.2) is 30.3 Å². The molecule has 1 aromatic carbocycles. The van der Waals surface area contributed by atoms with E-state index in [1.54, 1.807) is 20.8 Å². The number of esters is 1. The van der Waals surface area contributed by atoms with Crippen molar-refractivity contribution in [3.63, 3.8) is 0 Å². The molecule has 1 N–H and O–H groups in total. The van der Waals surface area contributed by atoms with Crippen LogP contribution in [-0.4, -0.2) is 35.9 Å². The third kappa shape index (κ3) is 7.99. The minimum Gasteiger partial charge on any atom is -0.461 e. The molecule has 1 fully saturated rings. The fraction of sp³-hybridized carbons (Fsp3) is 0.619. The summed E-state index contributed by atoms with van der Waals surface area (Å²) in [6, 6.07) is 9.30. The summed E-state index contributed by atoms with van der Waals surface area (Å²) >= 11 is 0. The van der Waals surface area contributed by atoms with Gasteiger partial charge in [0.15, 0.2) is 0 Å². The molecule has 1 aliphatic heterocycles. The third-order valence-corrected chi connectivity index (χ3v) is 4.24. The molecule has 150 valence electrons. The topological polar surface area (TPSA) is 73.9 Å². The molecule has 0 radical (unpaired) electrons. The van der Waals surface area contributed by atoms with Crippen molar-refractivity contribution in [3.05, 3.63) is 35.9 Å². The summed E-state index contributed by atoms with van der Waals surface area (Å²) in [5.41, 5.74) is 0.502. The molecule has 0 saturated carbocycles. The second-order valence-corrected chi connectivity index (χ2v) is 8.03. The molecule has 6 heteroatoms. The quantitative estimate of drug-likeness (QED) is 0.804. The fourth-order valence-corrected chi connectivity index (χ4v) is 3.00. The zero-order valence-corrected chi connectivity index (χ0v) is 16.7. The van der Waals surface area contributed by atoms with Gasteiger partial charge in [0.25, 0.3) is 0 Å². The van der Waals surface area contributed by atoms with Crippen molar-refractivity contribution in [2.45, 2.75) is 83.8 Å². The van der Waals surface area contributed by atoms with E-state index in [0.29, 0.717) is 19.4 Å². The van der Waals surface area contributed by atoms with E-state index in [1.807, 2.05) is 37.3 Å². The lowest BCUT2D eigenvalue weighted by Crippen LogP contribution is -2.44. The normalized spacial score (nSPS) is 24.1. The van der Waals surface area contributed by atoms with Gasteiger partial charge in [-0.05, 0) is 52.5 Å². The van der Waals surface area contributed by atoms with E-state index in [9.17, 15) is 9.59 Å². The number of hydrogen-bond donors (Lipinski definition) is 1. The molecule has 1 aromatic rings. The van der Waals surface area contributed by atoms with Crippen molar-refractivity contribution in [3.8, 4) is 0 Å². The van der Waals surface area contributed by atoms with Gasteiger partial charge in [0.2, 0.25) is 0 Å². The first-order valence-electron chi connectivity index (χ1n) is 9.58. The van der Waals surface area contributed by atoms with Crippen molar-refractivity contribution in [1.82, 2.24) is 5.32 Å². The predicted molar refractivity (Wildman–Crippen MR) is 102 cm³/mol. The monoisotopic (exact) mass is 377 g/mol. The van der Waals surface area contributed by atoms with Crippen molar-refractivity contribution in [2.75, 3.05) is 0 Å². The van der Waals surface area contributed by atoms with Gasteiger partial charge in [0.05, 0.1) is 12.7 Å². The first-order valence-corrected chi connectivity index (χ1v) is 9.58. The van der Waals surface area contributed by atoms with Crippen LogP contribution in [0, 0.1) is 0 Å².